The highest BCUT2D eigenvalue weighted by molar-refractivity contribution is 5.89. The first-order chi connectivity index (χ1) is 13.3. The van der Waals surface area contributed by atoms with Gasteiger partial charge in [0.15, 0.2) is 0 Å². The summed E-state index contributed by atoms with van der Waals surface area (Å²) in [6.07, 6.45) is 1.73. The average molecular weight is 387 g/mol. The van der Waals surface area contributed by atoms with Gasteiger partial charge in [0.05, 0.1) is 0 Å². The van der Waals surface area contributed by atoms with E-state index in [4.69, 9.17) is 0 Å². The lowest BCUT2D eigenvalue weighted by Crippen LogP contribution is -2.45. The molecule has 150 valence electrons. The normalized spacial score (nSPS) is 16.0. The first kappa shape index (κ1) is 20.3. The lowest BCUT2D eigenvalue weighted by Gasteiger charge is -2.32. The number of alkyl halides is 2. The number of piperidine rings is 1. The highest BCUT2D eigenvalue weighted by Crippen LogP contribution is 2.28. The van der Waals surface area contributed by atoms with E-state index in [0.29, 0.717) is 5.69 Å². The van der Waals surface area contributed by atoms with E-state index in [1.807, 2.05) is 6.07 Å². The van der Waals surface area contributed by atoms with E-state index in [0.717, 1.165) is 39.4 Å². The van der Waals surface area contributed by atoms with Gasteiger partial charge in [-0.05, 0) is 43.0 Å². The predicted octanol–water partition coefficient (Wildman–Crippen LogP) is 4.89. The molecule has 0 radical (unpaired) electrons. The Morgan fingerprint density at radius 1 is 1.14 bits per heavy atom. The Balaban J connectivity index is 1.47. The number of nitrogens with zero attached hydrogens (tertiary/aromatic N) is 1. The van der Waals surface area contributed by atoms with Gasteiger partial charge in [-0.25, -0.2) is 13.6 Å². The van der Waals surface area contributed by atoms with Gasteiger partial charge in [0.2, 0.25) is 0 Å². The van der Waals surface area contributed by atoms with Crippen LogP contribution in [0.3, 0.4) is 0 Å². The third-order valence-electron chi connectivity index (χ3n) is 5.21. The first-order valence-electron chi connectivity index (χ1n) is 9.64. The van der Waals surface area contributed by atoms with Gasteiger partial charge in [0, 0.05) is 43.9 Å². The maximum Gasteiger partial charge on any atom is 0.319 e. The Hall–Kier alpha value is -2.47. The van der Waals surface area contributed by atoms with Crippen LogP contribution in [-0.4, -0.2) is 30.1 Å². The van der Waals surface area contributed by atoms with Gasteiger partial charge in [-0.3, -0.25) is 4.90 Å². The van der Waals surface area contributed by atoms with Gasteiger partial charge < -0.3 is 10.6 Å². The van der Waals surface area contributed by atoms with Crippen LogP contribution in [0.1, 0.15) is 36.5 Å². The van der Waals surface area contributed by atoms with E-state index in [2.05, 4.69) is 40.7 Å². The van der Waals surface area contributed by atoms with Crippen LogP contribution in [-0.2, 0) is 12.5 Å². The Bertz CT molecular complexity index is 811. The minimum atomic E-state index is -2.93. The largest absolute Gasteiger partial charge is 0.335 e. The molecular formula is C22H27F2N3O. The molecule has 1 saturated heterocycles. The van der Waals surface area contributed by atoms with Crippen LogP contribution in [0.4, 0.5) is 19.3 Å². The van der Waals surface area contributed by atoms with E-state index in [1.54, 1.807) is 6.07 Å². The summed E-state index contributed by atoms with van der Waals surface area (Å²) in [5, 5.41) is 5.62. The number of benzene rings is 2. The molecule has 1 heterocycles. The number of nitrogens with one attached hydrogen (secondary N) is 2. The van der Waals surface area contributed by atoms with Crippen LogP contribution in [0, 0.1) is 6.92 Å². The molecule has 1 aliphatic heterocycles. The van der Waals surface area contributed by atoms with Gasteiger partial charge in [-0.15, -0.1) is 0 Å². The summed E-state index contributed by atoms with van der Waals surface area (Å²) < 4.78 is 26.9. The topological polar surface area (TPSA) is 44.4 Å². The van der Waals surface area contributed by atoms with E-state index >= 15 is 0 Å². The number of halogens is 2. The van der Waals surface area contributed by atoms with Gasteiger partial charge in [0.1, 0.15) is 0 Å². The molecule has 1 aliphatic rings. The molecule has 0 unspecified atom stereocenters. The summed E-state index contributed by atoms with van der Waals surface area (Å²) in [7, 11) is 0. The molecule has 2 aromatic rings. The fourth-order valence-corrected chi connectivity index (χ4v) is 3.49. The molecule has 3 rings (SSSR count). The second-order valence-electron chi connectivity index (χ2n) is 7.54. The van der Waals surface area contributed by atoms with Crippen molar-refractivity contribution < 1.29 is 13.6 Å². The summed E-state index contributed by atoms with van der Waals surface area (Å²) in [5.41, 5.74) is 2.88. The summed E-state index contributed by atoms with van der Waals surface area (Å²) in [6, 6.07) is 13.9. The number of hydrogen-bond acceptors (Lipinski definition) is 2. The number of anilines is 1. The lowest BCUT2D eigenvalue weighted by atomic mass is 10.0. The van der Waals surface area contributed by atoms with Crippen LogP contribution in [0.5, 0.6) is 0 Å². The van der Waals surface area contributed by atoms with Gasteiger partial charge in [0.25, 0.3) is 5.92 Å². The molecule has 0 saturated carbocycles. The lowest BCUT2D eigenvalue weighted by molar-refractivity contribution is 0.0175. The number of hydrogen-bond donors (Lipinski definition) is 2. The van der Waals surface area contributed by atoms with Crippen molar-refractivity contribution in [2.75, 3.05) is 18.4 Å². The van der Waals surface area contributed by atoms with Crippen molar-refractivity contribution >= 4 is 11.7 Å². The molecule has 2 N–H and O–H groups in total. The summed E-state index contributed by atoms with van der Waals surface area (Å²) in [6.45, 7) is 5.71. The summed E-state index contributed by atoms with van der Waals surface area (Å²) >= 11 is 0. The molecule has 0 bridgehead atoms. The number of carbonyl (C=O) groups is 1. The number of carbonyl (C=O) groups excluding carboxylic acids is 1. The third kappa shape index (κ3) is 5.52. The Kier molecular flexibility index (Phi) is 6.29. The number of amides is 2. The van der Waals surface area contributed by atoms with Crippen molar-refractivity contribution in [2.45, 2.75) is 45.2 Å². The van der Waals surface area contributed by atoms with Crippen LogP contribution in [0.15, 0.2) is 48.5 Å². The number of rotatable bonds is 5. The molecule has 0 aliphatic carbocycles. The number of likely N-dealkylation sites (tertiary alicyclic amines) is 1. The average Bonchev–Trinajstić information content (AvgIpc) is 2.65. The van der Waals surface area contributed by atoms with Crippen molar-refractivity contribution in [3.05, 3.63) is 65.2 Å². The Morgan fingerprint density at radius 3 is 2.54 bits per heavy atom. The van der Waals surface area contributed by atoms with Crippen LogP contribution >= 0.6 is 0 Å². The maximum absolute atomic E-state index is 13.4. The van der Waals surface area contributed by atoms with Crippen molar-refractivity contribution in [1.29, 1.82) is 0 Å². The number of aryl methyl sites for hydroxylation is 1. The fourth-order valence-electron chi connectivity index (χ4n) is 3.49. The third-order valence-corrected chi connectivity index (χ3v) is 5.21. The zero-order chi connectivity index (χ0) is 20.1. The van der Waals surface area contributed by atoms with Crippen LogP contribution < -0.4 is 10.6 Å². The molecule has 0 spiro atoms. The second kappa shape index (κ2) is 8.69. The summed E-state index contributed by atoms with van der Waals surface area (Å²) in [5.74, 6) is -2.93. The van der Waals surface area contributed by atoms with Gasteiger partial charge >= 0.3 is 6.03 Å². The molecule has 0 atom stereocenters. The monoisotopic (exact) mass is 387 g/mol. The zero-order valence-corrected chi connectivity index (χ0v) is 16.3. The highest BCUT2D eigenvalue weighted by Gasteiger charge is 2.25. The Labute approximate surface area is 164 Å². The smallest absolute Gasteiger partial charge is 0.319 e. The summed E-state index contributed by atoms with van der Waals surface area (Å²) in [4.78, 5) is 14.6. The van der Waals surface area contributed by atoms with Crippen LogP contribution in [0.2, 0.25) is 0 Å². The van der Waals surface area contributed by atoms with E-state index < -0.39 is 5.92 Å². The van der Waals surface area contributed by atoms with Gasteiger partial charge in [-0.2, -0.15) is 0 Å². The number of urea groups is 1. The predicted molar refractivity (Wildman–Crippen MR) is 108 cm³/mol. The standard InChI is InChI=1S/C22H27F2N3O/c1-16-6-3-4-7-17(16)15-27-12-10-19(11-13-27)25-21(28)26-20-9-5-8-18(14-20)22(2,23)24/h3-9,14,19H,10-13,15H2,1-2H3,(H2,25,26,28). The first-order valence-corrected chi connectivity index (χ1v) is 9.64. The SMILES string of the molecule is Cc1ccccc1CN1CCC(NC(=O)Nc2cccc(C(C)(F)F)c2)CC1. The molecule has 6 heteroatoms. The van der Waals surface area contributed by atoms with Crippen molar-refractivity contribution in [2.24, 2.45) is 0 Å². The zero-order valence-electron chi connectivity index (χ0n) is 16.3. The molecule has 0 aromatic heterocycles. The van der Waals surface area contributed by atoms with E-state index in [1.165, 1.54) is 29.3 Å². The maximum atomic E-state index is 13.4. The molecule has 2 aromatic carbocycles. The highest BCUT2D eigenvalue weighted by atomic mass is 19.3. The van der Waals surface area contributed by atoms with Gasteiger partial charge in [-0.1, -0.05) is 36.4 Å². The van der Waals surface area contributed by atoms with Crippen molar-refractivity contribution in [1.82, 2.24) is 10.2 Å². The minimum Gasteiger partial charge on any atom is -0.335 e. The molecule has 1 fully saturated rings. The van der Waals surface area contributed by atoms with Crippen molar-refractivity contribution in [3.8, 4) is 0 Å². The van der Waals surface area contributed by atoms with Crippen molar-refractivity contribution in [3.63, 3.8) is 0 Å². The molecular weight excluding hydrogens is 360 g/mol. The quantitative estimate of drug-likeness (QED) is 0.767. The molecule has 2 amide bonds. The molecule has 4 nitrogen and oxygen atoms in total. The molecule has 28 heavy (non-hydrogen) atoms. The fraction of sp³-hybridized carbons (Fsp3) is 0.409. The van der Waals surface area contributed by atoms with E-state index in [-0.39, 0.29) is 17.6 Å². The van der Waals surface area contributed by atoms with Crippen LogP contribution in [0.25, 0.3) is 0 Å². The minimum absolute atomic E-state index is 0.0870. The second-order valence-corrected chi connectivity index (χ2v) is 7.54. The van der Waals surface area contributed by atoms with E-state index in [9.17, 15) is 13.6 Å². The Morgan fingerprint density at radius 2 is 1.86 bits per heavy atom.